The Morgan fingerprint density at radius 1 is 1.14 bits per heavy atom. The van der Waals surface area contributed by atoms with Crippen molar-refractivity contribution in [2.75, 3.05) is 6.61 Å². The molecule has 4 atom stereocenters. The van der Waals surface area contributed by atoms with Crippen molar-refractivity contribution in [2.45, 2.75) is 96.0 Å². The topological polar surface area (TPSA) is 61.5 Å². The highest BCUT2D eigenvalue weighted by Crippen LogP contribution is 2.30. The molecular weight excluding hydrogens is 278 g/mol. The zero-order valence-corrected chi connectivity index (χ0v) is 14.3. The van der Waals surface area contributed by atoms with Crippen LogP contribution in [0, 0.1) is 5.92 Å². The Morgan fingerprint density at radius 3 is 2.55 bits per heavy atom. The van der Waals surface area contributed by atoms with Gasteiger partial charge in [-0.25, -0.2) is 0 Å². The lowest BCUT2D eigenvalue weighted by Gasteiger charge is -2.33. The quantitative estimate of drug-likeness (QED) is 0.847. The van der Waals surface area contributed by atoms with E-state index in [1.54, 1.807) is 0 Å². The highest BCUT2D eigenvalue weighted by molar-refractivity contribution is 5.84. The maximum Gasteiger partial charge on any atom is 0.149 e. The molecule has 0 aliphatic heterocycles. The Bertz CT molecular complexity index is 341. The second-order valence-electron chi connectivity index (χ2n) is 7.10. The first kappa shape index (κ1) is 17.9. The zero-order chi connectivity index (χ0) is 15.9. The van der Waals surface area contributed by atoms with Crippen molar-refractivity contribution < 1.29 is 14.3 Å². The predicted molar refractivity (Wildman–Crippen MR) is 87.8 cm³/mol. The molecule has 2 rings (SSSR count). The summed E-state index contributed by atoms with van der Waals surface area (Å²) in [5, 5.41) is 0. The summed E-state index contributed by atoms with van der Waals surface area (Å²) in [5.74, 6) is 0.364. The first-order valence-corrected chi connectivity index (χ1v) is 9.17. The molecule has 0 amide bonds. The van der Waals surface area contributed by atoms with Gasteiger partial charge in [0.15, 0.2) is 0 Å². The molecule has 0 heterocycles. The van der Waals surface area contributed by atoms with Gasteiger partial charge >= 0.3 is 0 Å². The number of ether oxygens (including phenoxy) is 2. The molecule has 0 unspecified atom stereocenters. The van der Waals surface area contributed by atoms with Crippen molar-refractivity contribution in [2.24, 2.45) is 11.7 Å². The number of carbonyl (C=O) groups is 1. The summed E-state index contributed by atoms with van der Waals surface area (Å²) < 4.78 is 12.5. The van der Waals surface area contributed by atoms with Gasteiger partial charge in [0, 0.05) is 13.0 Å². The molecule has 2 aliphatic rings. The smallest absolute Gasteiger partial charge is 0.149 e. The monoisotopic (exact) mass is 311 g/mol. The number of nitrogens with two attached hydrogens (primary N) is 1. The first-order chi connectivity index (χ1) is 10.6. The minimum atomic E-state index is -0.306. The van der Waals surface area contributed by atoms with Gasteiger partial charge in [0.1, 0.15) is 5.78 Å². The SMILES string of the molecule is CCCO[C@H]1CCC[C@H](N)C(=O)C[C@@H](C)[C@@H]1OC1CCCC1. The van der Waals surface area contributed by atoms with Gasteiger partial charge in [-0.2, -0.15) is 0 Å². The molecule has 4 heteroatoms. The summed E-state index contributed by atoms with van der Waals surface area (Å²) in [6.07, 6.45) is 9.50. The van der Waals surface area contributed by atoms with Crippen LogP contribution in [0.2, 0.25) is 0 Å². The van der Waals surface area contributed by atoms with Gasteiger partial charge in [0.2, 0.25) is 0 Å². The van der Waals surface area contributed by atoms with Gasteiger partial charge in [0.05, 0.1) is 24.4 Å². The molecule has 0 bridgehead atoms. The molecule has 4 nitrogen and oxygen atoms in total. The number of hydrogen-bond acceptors (Lipinski definition) is 4. The van der Waals surface area contributed by atoms with Crippen molar-refractivity contribution in [3.05, 3.63) is 0 Å². The number of hydrogen-bond donors (Lipinski definition) is 1. The van der Waals surface area contributed by atoms with Crippen LogP contribution in [-0.4, -0.2) is 36.7 Å². The summed E-state index contributed by atoms with van der Waals surface area (Å²) >= 11 is 0. The third-order valence-corrected chi connectivity index (χ3v) is 5.06. The van der Waals surface area contributed by atoms with Gasteiger partial charge < -0.3 is 15.2 Å². The fourth-order valence-corrected chi connectivity index (χ4v) is 3.73. The van der Waals surface area contributed by atoms with Gasteiger partial charge in [-0.05, 0) is 44.4 Å². The number of rotatable bonds is 5. The zero-order valence-electron chi connectivity index (χ0n) is 14.3. The predicted octanol–water partition coefficient (Wildman–Crippen LogP) is 3.22. The van der Waals surface area contributed by atoms with Gasteiger partial charge in [-0.1, -0.05) is 26.7 Å². The van der Waals surface area contributed by atoms with Crippen LogP contribution in [0.25, 0.3) is 0 Å². The molecule has 2 fully saturated rings. The normalized spacial score (nSPS) is 35.1. The van der Waals surface area contributed by atoms with Crippen molar-refractivity contribution >= 4 is 5.78 Å². The molecule has 0 radical (unpaired) electrons. The van der Waals surface area contributed by atoms with E-state index in [1.807, 2.05) is 0 Å². The molecule has 128 valence electrons. The van der Waals surface area contributed by atoms with Gasteiger partial charge in [0.25, 0.3) is 0 Å². The van der Waals surface area contributed by atoms with Gasteiger partial charge in [-0.3, -0.25) is 4.79 Å². The second-order valence-corrected chi connectivity index (χ2v) is 7.10. The Balaban J connectivity index is 2.07. The lowest BCUT2D eigenvalue weighted by molar-refractivity contribution is -0.133. The largest absolute Gasteiger partial charge is 0.376 e. The third-order valence-electron chi connectivity index (χ3n) is 5.06. The number of Topliss-reactive ketones (excluding diaryl/α,β-unsaturated/α-hetero) is 1. The minimum absolute atomic E-state index is 0.0314. The van der Waals surface area contributed by atoms with E-state index in [0.717, 1.165) is 45.1 Å². The highest BCUT2D eigenvalue weighted by Gasteiger charge is 2.34. The highest BCUT2D eigenvalue weighted by atomic mass is 16.5. The Hall–Kier alpha value is -0.450. The average Bonchev–Trinajstić information content (AvgIpc) is 3.01. The van der Waals surface area contributed by atoms with Crippen LogP contribution >= 0.6 is 0 Å². The van der Waals surface area contributed by atoms with Crippen LogP contribution in [0.5, 0.6) is 0 Å². The van der Waals surface area contributed by atoms with Crippen molar-refractivity contribution in [1.29, 1.82) is 0 Å². The van der Waals surface area contributed by atoms with E-state index < -0.39 is 0 Å². The third kappa shape index (κ3) is 5.04. The summed E-state index contributed by atoms with van der Waals surface area (Å²) in [6.45, 7) is 5.02. The van der Waals surface area contributed by atoms with E-state index >= 15 is 0 Å². The molecule has 0 saturated heterocycles. The maximum absolute atomic E-state index is 12.2. The fourth-order valence-electron chi connectivity index (χ4n) is 3.73. The molecule has 22 heavy (non-hydrogen) atoms. The minimum Gasteiger partial charge on any atom is -0.376 e. The van der Waals surface area contributed by atoms with Crippen molar-refractivity contribution in [3.8, 4) is 0 Å². The van der Waals surface area contributed by atoms with Crippen LogP contribution < -0.4 is 5.73 Å². The summed E-state index contributed by atoms with van der Waals surface area (Å²) in [7, 11) is 0. The fraction of sp³-hybridized carbons (Fsp3) is 0.944. The lowest BCUT2D eigenvalue weighted by Crippen LogP contribution is -2.40. The number of ketones is 1. The van der Waals surface area contributed by atoms with Crippen LogP contribution in [0.1, 0.15) is 71.6 Å². The number of carbonyl (C=O) groups excluding carboxylic acids is 1. The Labute approximate surface area is 135 Å². The lowest BCUT2D eigenvalue weighted by atomic mass is 9.92. The van der Waals surface area contributed by atoms with E-state index in [0.29, 0.717) is 12.5 Å². The molecule has 0 aromatic rings. The summed E-state index contributed by atoms with van der Waals surface area (Å²) in [5.41, 5.74) is 6.00. The van der Waals surface area contributed by atoms with Crippen LogP contribution in [-0.2, 0) is 14.3 Å². The maximum atomic E-state index is 12.2. The molecule has 0 aromatic heterocycles. The van der Waals surface area contributed by atoms with Gasteiger partial charge in [-0.15, -0.1) is 0 Å². The van der Waals surface area contributed by atoms with E-state index in [-0.39, 0.29) is 30.0 Å². The molecule has 0 spiro atoms. The summed E-state index contributed by atoms with van der Waals surface area (Å²) in [6, 6.07) is -0.306. The summed E-state index contributed by atoms with van der Waals surface area (Å²) in [4.78, 5) is 12.2. The molecule has 2 saturated carbocycles. The van der Waals surface area contributed by atoms with Crippen LogP contribution in [0.3, 0.4) is 0 Å². The van der Waals surface area contributed by atoms with Crippen LogP contribution in [0.4, 0.5) is 0 Å². The van der Waals surface area contributed by atoms with E-state index in [9.17, 15) is 4.79 Å². The Morgan fingerprint density at radius 2 is 1.86 bits per heavy atom. The molecule has 2 N–H and O–H groups in total. The van der Waals surface area contributed by atoms with E-state index in [4.69, 9.17) is 15.2 Å². The van der Waals surface area contributed by atoms with E-state index in [2.05, 4.69) is 13.8 Å². The molecule has 0 aromatic carbocycles. The van der Waals surface area contributed by atoms with Crippen molar-refractivity contribution in [1.82, 2.24) is 0 Å². The van der Waals surface area contributed by atoms with Crippen molar-refractivity contribution in [3.63, 3.8) is 0 Å². The standard InChI is InChI=1S/C18H33NO3/c1-3-11-21-17-10-6-9-15(19)16(20)12-13(2)18(17)22-14-7-4-5-8-14/h13-15,17-18H,3-12,19H2,1-2H3/t13-,15+,17+,18+/m1/s1. The first-order valence-electron chi connectivity index (χ1n) is 9.17. The molecular formula is C18H33NO3. The van der Waals surface area contributed by atoms with Crippen LogP contribution in [0.15, 0.2) is 0 Å². The molecule has 2 aliphatic carbocycles. The Kier molecular flexibility index (Phi) is 7.32. The second kappa shape index (κ2) is 8.99. The average molecular weight is 311 g/mol. The van der Waals surface area contributed by atoms with E-state index in [1.165, 1.54) is 12.8 Å².